The molecule has 0 heterocycles. The van der Waals surface area contributed by atoms with Gasteiger partial charge in [-0.05, 0) is 77.0 Å². The number of rotatable bonds is 33. The molecule has 0 saturated carbocycles. The fourth-order valence-corrected chi connectivity index (χ4v) is 4.88. The summed E-state index contributed by atoms with van der Waals surface area (Å²) >= 11 is 0. The van der Waals surface area contributed by atoms with Gasteiger partial charge in [0.2, 0.25) is 0 Å². The van der Waals surface area contributed by atoms with Crippen molar-refractivity contribution in [2.45, 2.75) is 213 Å². The first-order valence-corrected chi connectivity index (χ1v) is 19.9. The van der Waals surface area contributed by atoms with Gasteiger partial charge in [-0.3, -0.25) is 14.4 Å². The molecule has 6 nitrogen and oxygen atoms in total. The van der Waals surface area contributed by atoms with E-state index in [0.29, 0.717) is 19.3 Å². The summed E-state index contributed by atoms with van der Waals surface area (Å²) in [7, 11) is 0. The first-order valence-electron chi connectivity index (χ1n) is 19.9. The average molecular weight is 844 g/mol. The molecule has 0 aromatic heterocycles. The van der Waals surface area contributed by atoms with Crippen LogP contribution in [-0.4, -0.2) is 33.2 Å². The third kappa shape index (κ3) is 65.8. The molecule has 293 valence electrons. The second kappa shape index (κ2) is 51.3. The Morgan fingerprint density at radius 2 is 0.510 bits per heavy atom. The first-order chi connectivity index (χ1) is 23.3. The first kappa shape index (κ1) is 54.7. The van der Waals surface area contributed by atoms with Crippen molar-refractivity contribution >= 4 is 17.9 Å². The van der Waals surface area contributed by atoms with Crippen LogP contribution in [0.5, 0.6) is 0 Å². The van der Waals surface area contributed by atoms with Crippen LogP contribution in [-0.2, 0) is 14.4 Å². The SMILES string of the molecule is CCCC/C=C\CCCCCCCC(=O)O.CCCC/C=C\CCCCCCCC(=O)O.CCCC/C=C\CCCCCCCC(=O)O.[Ho]. The van der Waals surface area contributed by atoms with Gasteiger partial charge in [-0.2, -0.15) is 0 Å². The number of allylic oxidation sites excluding steroid dienone is 6. The Kier molecular flexibility index (Phi) is 57.2. The predicted molar refractivity (Wildman–Crippen MR) is 206 cm³/mol. The summed E-state index contributed by atoms with van der Waals surface area (Å²) < 4.78 is 0. The molecule has 0 spiro atoms. The third-order valence-corrected chi connectivity index (χ3v) is 7.96. The van der Waals surface area contributed by atoms with Crippen LogP contribution in [0.3, 0.4) is 0 Å². The van der Waals surface area contributed by atoms with Crippen LogP contribution in [0.2, 0.25) is 0 Å². The van der Waals surface area contributed by atoms with E-state index in [0.717, 1.165) is 38.5 Å². The molecule has 0 aromatic carbocycles. The van der Waals surface area contributed by atoms with Crippen molar-refractivity contribution in [1.82, 2.24) is 0 Å². The van der Waals surface area contributed by atoms with Crippen molar-refractivity contribution in [3.8, 4) is 0 Å². The largest absolute Gasteiger partial charge is 0.481 e. The van der Waals surface area contributed by atoms with Gasteiger partial charge in [0.25, 0.3) is 0 Å². The van der Waals surface area contributed by atoms with Gasteiger partial charge in [0, 0.05) is 57.0 Å². The fourth-order valence-electron chi connectivity index (χ4n) is 4.88. The zero-order chi connectivity index (χ0) is 36.2. The molecule has 0 bridgehead atoms. The minimum Gasteiger partial charge on any atom is -0.481 e. The molecule has 0 aliphatic rings. The van der Waals surface area contributed by atoms with Crippen molar-refractivity contribution in [2.75, 3.05) is 0 Å². The summed E-state index contributed by atoms with van der Waals surface area (Å²) in [6, 6.07) is 0. The Balaban J connectivity index is -0.000000307. The van der Waals surface area contributed by atoms with Gasteiger partial charge in [0.1, 0.15) is 0 Å². The number of aliphatic carboxylic acids is 3. The van der Waals surface area contributed by atoms with Gasteiger partial charge < -0.3 is 15.3 Å². The number of carboxylic acid groups (broad SMARTS) is 3. The topological polar surface area (TPSA) is 112 Å². The Hall–Kier alpha value is -1.11. The summed E-state index contributed by atoms with van der Waals surface area (Å²) in [5.74, 6) is -2.00. The monoisotopic (exact) mass is 844 g/mol. The van der Waals surface area contributed by atoms with Crippen LogP contribution < -0.4 is 0 Å². The zero-order valence-corrected chi connectivity index (χ0v) is 34.0. The van der Waals surface area contributed by atoms with E-state index in [4.69, 9.17) is 15.3 Å². The zero-order valence-electron chi connectivity index (χ0n) is 32.0. The summed E-state index contributed by atoms with van der Waals surface area (Å²) in [6.07, 6.45) is 46.3. The van der Waals surface area contributed by atoms with Gasteiger partial charge in [-0.25, -0.2) is 0 Å². The standard InChI is InChI=1S/3C14H26O2.Ho/c3*1-2-3-4-5-6-7-8-9-10-11-12-13-14(15)16;/h3*5-6H,2-4,7-13H2,1H3,(H,15,16);/b3*6-5-;. The van der Waals surface area contributed by atoms with E-state index in [1.807, 2.05) is 0 Å². The van der Waals surface area contributed by atoms with Crippen molar-refractivity contribution in [3.05, 3.63) is 36.5 Å². The van der Waals surface area contributed by atoms with Crippen LogP contribution >= 0.6 is 0 Å². The van der Waals surface area contributed by atoms with E-state index in [1.54, 1.807) is 0 Å². The van der Waals surface area contributed by atoms with Crippen molar-refractivity contribution in [2.24, 2.45) is 0 Å². The van der Waals surface area contributed by atoms with Crippen LogP contribution in [0, 0.1) is 37.7 Å². The minimum atomic E-state index is -0.668. The quantitative estimate of drug-likeness (QED) is 0.0345. The van der Waals surface area contributed by atoms with Gasteiger partial charge in [-0.1, -0.05) is 154 Å². The average Bonchev–Trinajstić information content (AvgIpc) is 3.05. The minimum absolute atomic E-state index is 0. The maximum atomic E-state index is 10.3. The van der Waals surface area contributed by atoms with Gasteiger partial charge >= 0.3 is 17.9 Å². The number of hydrogen-bond acceptors (Lipinski definition) is 3. The number of carbonyl (C=O) groups is 3. The summed E-state index contributed by atoms with van der Waals surface area (Å²) in [5, 5.41) is 25.3. The van der Waals surface area contributed by atoms with E-state index in [1.165, 1.54) is 135 Å². The van der Waals surface area contributed by atoms with Crippen LogP contribution in [0.1, 0.15) is 213 Å². The van der Waals surface area contributed by atoms with E-state index >= 15 is 0 Å². The van der Waals surface area contributed by atoms with Gasteiger partial charge in [-0.15, -0.1) is 0 Å². The Morgan fingerprint density at radius 1 is 0.327 bits per heavy atom. The Morgan fingerprint density at radius 3 is 0.714 bits per heavy atom. The van der Waals surface area contributed by atoms with Crippen LogP contribution in [0.15, 0.2) is 36.5 Å². The second-order valence-corrected chi connectivity index (χ2v) is 12.9. The van der Waals surface area contributed by atoms with Crippen molar-refractivity contribution in [1.29, 1.82) is 0 Å². The third-order valence-electron chi connectivity index (χ3n) is 7.96. The Bertz CT molecular complexity index is 662. The summed E-state index contributed by atoms with van der Waals surface area (Å²) in [4.78, 5) is 30.8. The molecule has 1 radical (unpaired) electrons. The summed E-state index contributed by atoms with van der Waals surface area (Å²) in [5.41, 5.74) is 0. The molecule has 49 heavy (non-hydrogen) atoms. The van der Waals surface area contributed by atoms with Crippen molar-refractivity contribution < 1.29 is 67.4 Å². The Labute approximate surface area is 333 Å². The maximum absolute atomic E-state index is 10.3. The summed E-state index contributed by atoms with van der Waals surface area (Å²) in [6.45, 7) is 6.64. The molecular weight excluding hydrogens is 765 g/mol. The molecule has 0 fully saturated rings. The molecule has 0 unspecified atom stereocenters. The number of hydrogen-bond donors (Lipinski definition) is 3. The van der Waals surface area contributed by atoms with E-state index in [-0.39, 0.29) is 37.7 Å². The molecule has 0 aliphatic carbocycles. The normalized spacial score (nSPS) is 10.8. The molecule has 7 heteroatoms. The van der Waals surface area contributed by atoms with E-state index < -0.39 is 17.9 Å². The van der Waals surface area contributed by atoms with E-state index in [2.05, 4.69) is 57.2 Å². The molecule has 3 N–H and O–H groups in total. The molecule has 0 rings (SSSR count). The van der Waals surface area contributed by atoms with Crippen LogP contribution in [0.4, 0.5) is 0 Å². The molecule has 0 aliphatic heterocycles. The maximum Gasteiger partial charge on any atom is 0.303 e. The number of unbranched alkanes of at least 4 members (excludes halogenated alkanes) is 21. The smallest absolute Gasteiger partial charge is 0.303 e. The molecule has 0 aromatic rings. The van der Waals surface area contributed by atoms with Crippen LogP contribution in [0.25, 0.3) is 0 Å². The molecular formula is C42H78HoO6. The molecule has 0 atom stereocenters. The van der Waals surface area contributed by atoms with E-state index in [9.17, 15) is 14.4 Å². The fraction of sp³-hybridized carbons (Fsp3) is 0.786. The second-order valence-electron chi connectivity index (χ2n) is 12.9. The number of carboxylic acids is 3. The van der Waals surface area contributed by atoms with Gasteiger partial charge in [0.05, 0.1) is 0 Å². The van der Waals surface area contributed by atoms with Crippen molar-refractivity contribution in [3.63, 3.8) is 0 Å². The van der Waals surface area contributed by atoms with Gasteiger partial charge in [0.15, 0.2) is 0 Å². The molecule has 0 saturated heterocycles. The predicted octanol–water partition coefficient (Wildman–Crippen LogP) is 13.6. The molecule has 0 amide bonds.